The molecule has 4 heteroatoms. The highest BCUT2D eigenvalue weighted by Gasteiger charge is 2.14. The number of nitrogens with zero attached hydrogens (tertiary/aromatic N) is 1. The molecule has 0 atom stereocenters. The predicted molar refractivity (Wildman–Crippen MR) is 72.5 cm³/mol. The number of rotatable bonds is 4. The molecule has 0 unspecified atom stereocenters. The molecule has 0 fully saturated rings. The van der Waals surface area contributed by atoms with E-state index in [4.69, 9.17) is 10.5 Å². The van der Waals surface area contributed by atoms with Gasteiger partial charge in [-0.1, -0.05) is 12.1 Å². The number of benzene rings is 1. The lowest BCUT2D eigenvalue weighted by atomic mass is 10.0. The van der Waals surface area contributed by atoms with Crippen molar-refractivity contribution < 1.29 is 4.74 Å². The molecule has 1 aromatic carbocycles. The molecule has 0 amide bonds. The molecule has 0 spiro atoms. The van der Waals surface area contributed by atoms with Crippen LogP contribution in [0.25, 0.3) is 11.3 Å². The van der Waals surface area contributed by atoms with E-state index in [2.05, 4.69) is 9.97 Å². The van der Waals surface area contributed by atoms with Gasteiger partial charge in [0.2, 0.25) is 0 Å². The molecule has 0 aliphatic rings. The van der Waals surface area contributed by atoms with E-state index in [1.54, 1.807) is 7.11 Å². The zero-order valence-electron chi connectivity index (χ0n) is 11.0. The van der Waals surface area contributed by atoms with E-state index in [1.165, 1.54) is 0 Å². The van der Waals surface area contributed by atoms with Crippen LogP contribution in [-0.4, -0.2) is 22.6 Å². The molecule has 1 aromatic heterocycles. The average molecular weight is 245 g/mol. The lowest BCUT2D eigenvalue weighted by Crippen LogP contribution is -2.34. The fourth-order valence-corrected chi connectivity index (χ4v) is 1.82. The fourth-order valence-electron chi connectivity index (χ4n) is 1.82. The molecule has 18 heavy (non-hydrogen) atoms. The quantitative estimate of drug-likeness (QED) is 0.869. The third-order valence-electron chi connectivity index (χ3n) is 2.63. The lowest BCUT2D eigenvalue weighted by Gasteiger charge is -2.15. The van der Waals surface area contributed by atoms with Crippen molar-refractivity contribution in [2.24, 2.45) is 5.73 Å². The second-order valence-corrected chi connectivity index (χ2v) is 5.14. The lowest BCUT2D eigenvalue weighted by molar-refractivity contribution is 0.415. The molecular weight excluding hydrogens is 226 g/mol. The van der Waals surface area contributed by atoms with Gasteiger partial charge in [0.15, 0.2) is 0 Å². The molecule has 2 rings (SSSR count). The summed E-state index contributed by atoms with van der Waals surface area (Å²) in [5.74, 6) is 1.74. The zero-order chi connectivity index (χ0) is 13.2. The highest BCUT2D eigenvalue weighted by Crippen LogP contribution is 2.22. The Balaban J connectivity index is 2.23. The summed E-state index contributed by atoms with van der Waals surface area (Å²) >= 11 is 0. The van der Waals surface area contributed by atoms with Crippen molar-refractivity contribution in [3.63, 3.8) is 0 Å². The third-order valence-corrected chi connectivity index (χ3v) is 2.63. The van der Waals surface area contributed by atoms with Gasteiger partial charge in [0.25, 0.3) is 0 Å². The number of hydrogen-bond acceptors (Lipinski definition) is 3. The van der Waals surface area contributed by atoms with Gasteiger partial charge in [-0.15, -0.1) is 0 Å². The van der Waals surface area contributed by atoms with Crippen LogP contribution in [0, 0.1) is 0 Å². The van der Waals surface area contributed by atoms with E-state index >= 15 is 0 Å². The maximum Gasteiger partial charge on any atom is 0.119 e. The van der Waals surface area contributed by atoms with Crippen molar-refractivity contribution in [2.45, 2.75) is 25.8 Å². The molecule has 0 saturated carbocycles. The number of H-pyrrole nitrogens is 1. The maximum absolute atomic E-state index is 5.98. The highest BCUT2D eigenvalue weighted by atomic mass is 16.5. The normalized spacial score (nSPS) is 11.6. The van der Waals surface area contributed by atoms with Gasteiger partial charge in [-0.25, -0.2) is 4.98 Å². The van der Waals surface area contributed by atoms with Crippen molar-refractivity contribution >= 4 is 0 Å². The molecule has 0 radical (unpaired) electrons. The first-order chi connectivity index (χ1) is 8.48. The summed E-state index contributed by atoms with van der Waals surface area (Å²) in [6.07, 6.45) is 2.55. The van der Waals surface area contributed by atoms with E-state index in [-0.39, 0.29) is 5.54 Å². The molecular formula is C14H19N3O. The Bertz CT molecular complexity index is 526. The van der Waals surface area contributed by atoms with Gasteiger partial charge < -0.3 is 15.5 Å². The zero-order valence-corrected chi connectivity index (χ0v) is 11.0. The van der Waals surface area contributed by atoms with Crippen molar-refractivity contribution in [1.82, 2.24) is 9.97 Å². The van der Waals surface area contributed by atoms with E-state index in [9.17, 15) is 0 Å². The Hall–Kier alpha value is -1.81. The van der Waals surface area contributed by atoms with E-state index in [0.717, 1.165) is 29.3 Å². The van der Waals surface area contributed by atoms with Crippen LogP contribution >= 0.6 is 0 Å². The number of nitrogens with one attached hydrogen (secondary N) is 1. The van der Waals surface area contributed by atoms with Crippen LogP contribution in [0.15, 0.2) is 30.5 Å². The number of aromatic amines is 1. The van der Waals surface area contributed by atoms with Crippen LogP contribution in [0.1, 0.15) is 19.7 Å². The number of aromatic nitrogens is 2. The first-order valence-electron chi connectivity index (χ1n) is 5.95. The molecule has 0 bridgehead atoms. The van der Waals surface area contributed by atoms with Crippen LogP contribution < -0.4 is 10.5 Å². The number of hydrogen-bond donors (Lipinski definition) is 2. The van der Waals surface area contributed by atoms with Crippen molar-refractivity contribution in [3.8, 4) is 17.0 Å². The SMILES string of the molecule is COc1cccc(-c2cnc(CC(C)(C)N)[nH]2)c1. The molecule has 0 aliphatic heterocycles. The van der Waals surface area contributed by atoms with Gasteiger partial charge >= 0.3 is 0 Å². The topological polar surface area (TPSA) is 63.9 Å². The molecule has 96 valence electrons. The van der Waals surface area contributed by atoms with Gasteiger partial charge in [-0.3, -0.25) is 0 Å². The predicted octanol–water partition coefficient (Wildman–Crippen LogP) is 2.37. The van der Waals surface area contributed by atoms with Crippen LogP contribution in [0.3, 0.4) is 0 Å². The number of nitrogens with two attached hydrogens (primary N) is 1. The summed E-state index contributed by atoms with van der Waals surface area (Å²) < 4.78 is 5.21. The number of imidazole rings is 1. The van der Waals surface area contributed by atoms with Gasteiger partial charge in [-0.2, -0.15) is 0 Å². The monoisotopic (exact) mass is 245 g/mol. The van der Waals surface area contributed by atoms with E-state index in [0.29, 0.717) is 0 Å². The number of ether oxygens (including phenoxy) is 1. The largest absolute Gasteiger partial charge is 0.497 e. The standard InChI is InChI=1S/C14H19N3O/c1-14(2,15)8-13-16-9-12(17-13)10-5-4-6-11(7-10)18-3/h4-7,9H,8,15H2,1-3H3,(H,16,17). The van der Waals surface area contributed by atoms with Crippen LogP contribution in [0.5, 0.6) is 5.75 Å². The summed E-state index contributed by atoms with van der Waals surface area (Å²) in [5.41, 5.74) is 7.76. The summed E-state index contributed by atoms with van der Waals surface area (Å²) in [7, 11) is 1.66. The first-order valence-corrected chi connectivity index (χ1v) is 5.95. The van der Waals surface area contributed by atoms with E-state index in [1.807, 2.05) is 44.3 Å². The minimum Gasteiger partial charge on any atom is -0.497 e. The maximum atomic E-state index is 5.98. The average Bonchev–Trinajstić information content (AvgIpc) is 2.75. The number of methoxy groups -OCH3 is 1. The Morgan fingerprint density at radius 3 is 2.83 bits per heavy atom. The van der Waals surface area contributed by atoms with E-state index < -0.39 is 0 Å². The fraction of sp³-hybridized carbons (Fsp3) is 0.357. The molecule has 2 aromatic rings. The second kappa shape index (κ2) is 4.82. The smallest absolute Gasteiger partial charge is 0.119 e. The van der Waals surface area contributed by atoms with Crippen LogP contribution in [0.4, 0.5) is 0 Å². The summed E-state index contributed by atoms with van der Waals surface area (Å²) in [6.45, 7) is 3.97. The second-order valence-electron chi connectivity index (χ2n) is 5.14. The van der Waals surface area contributed by atoms with Crippen LogP contribution in [-0.2, 0) is 6.42 Å². The minimum atomic E-state index is -0.260. The van der Waals surface area contributed by atoms with Crippen molar-refractivity contribution in [1.29, 1.82) is 0 Å². The van der Waals surface area contributed by atoms with Gasteiger partial charge in [0.05, 0.1) is 19.0 Å². The van der Waals surface area contributed by atoms with Gasteiger partial charge in [0.1, 0.15) is 11.6 Å². The summed E-state index contributed by atoms with van der Waals surface area (Å²) in [4.78, 5) is 7.65. The molecule has 3 N–H and O–H groups in total. The first kappa shape index (κ1) is 12.6. The molecule has 0 aliphatic carbocycles. The Kier molecular flexibility index (Phi) is 3.39. The summed E-state index contributed by atoms with van der Waals surface area (Å²) in [5, 5.41) is 0. The minimum absolute atomic E-state index is 0.260. The molecule has 4 nitrogen and oxygen atoms in total. The third kappa shape index (κ3) is 3.11. The van der Waals surface area contributed by atoms with Crippen molar-refractivity contribution in [3.05, 3.63) is 36.3 Å². The van der Waals surface area contributed by atoms with Crippen LogP contribution in [0.2, 0.25) is 0 Å². The van der Waals surface area contributed by atoms with Gasteiger partial charge in [0, 0.05) is 17.5 Å². The highest BCUT2D eigenvalue weighted by molar-refractivity contribution is 5.60. The Morgan fingerprint density at radius 1 is 1.39 bits per heavy atom. The molecule has 1 heterocycles. The Morgan fingerprint density at radius 2 is 2.17 bits per heavy atom. The Labute approximate surface area is 107 Å². The molecule has 0 saturated heterocycles. The van der Waals surface area contributed by atoms with Crippen molar-refractivity contribution in [2.75, 3.05) is 7.11 Å². The summed E-state index contributed by atoms with van der Waals surface area (Å²) in [6, 6.07) is 7.88. The van der Waals surface area contributed by atoms with Gasteiger partial charge in [-0.05, 0) is 26.0 Å².